The van der Waals surface area contributed by atoms with Crippen LogP contribution in [-0.2, 0) is 7.05 Å². The minimum atomic E-state index is 0.630. The molecule has 4 nitrogen and oxygen atoms in total. The van der Waals surface area contributed by atoms with Crippen molar-refractivity contribution in [3.05, 3.63) is 23.0 Å². The quantitative estimate of drug-likeness (QED) is 0.631. The minimum Gasteiger partial charge on any atom is -0.491 e. The normalized spacial score (nSPS) is 10.9. The van der Waals surface area contributed by atoms with Crippen molar-refractivity contribution < 1.29 is 4.74 Å². The number of fused-ring (bicyclic) bond motifs is 1. The van der Waals surface area contributed by atoms with Crippen LogP contribution in [0.25, 0.3) is 11.0 Å². The van der Waals surface area contributed by atoms with Crippen LogP contribution in [0.15, 0.2) is 18.2 Å². The molecule has 0 radical (unpaired) electrons. The molecule has 0 saturated heterocycles. The first-order valence-electron chi connectivity index (χ1n) is 5.24. The maximum atomic E-state index is 5.66. The highest BCUT2D eigenvalue weighted by Gasteiger charge is 2.06. The lowest BCUT2D eigenvalue weighted by molar-refractivity contribution is 0.316. The maximum Gasteiger partial charge on any atom is 0.177 e. The number of hydrogen-bond donors (Lipinski definition) is 2. The summed E-state index contributed by atoms with van der Waals surface area (Å²) in [7, 11) is 1.94. The zero-order valence-electron chi connectivity index (χ0n) is 9.19. The van der Waals surface area contributed by atoms with E-state index in [1.807, 2.05) is 29.8 Å². The molecule has 0 aliphatic rings. The summed E-state index contributed by atoms with van der Waals surface area (Å²) < 4.78 is 8.29. The Hall–Kier alpha value is -1.33. The van der Waals surface area contributed by atoms with Crippen LogP contribution in [0.2, 0.25) is 0 Å². The number of para-hydroxylation sites is 1. The summed E-state index contributed by atoms with van der Waals surface area (Å²) in [5.74, 6) is 0.831. The molecule has 2 aromatic rings. The second kappa shape index (κ2) is 4.67. The first-order chi connectivity index (χ1) is 7.74. The molecule has 3 N–H and O–H groups in total. The Morgan fingerprint density at radius 3 is 3.06 bits per heavy atom. The van der Waals surface area contributed by atoms with E-state index in [1.54, 1.807) is 0 Å². The number of aromatic nitrogens is 2. The van der Waals surface area contributed by atoms with Crippen molar-refractivity contribution in [2.24, 2.45) is 12.8 Å². The van der Waals surface area contributed by atoms with Gasteiger partial charge in [0.1, 0.15) is 11.3 Å². The van der Waals surface area contributed by atoms with E-state index in [9.17, 15) is 0 Å². The van der Waals surface area contributed by atoms with Gasteiger partial charge in [0, 0.05) is 7.05 Å². The molecule has 0 amide bonds. The van der Waals surface area contributed by atoms with Crippen LogP contribution in [0.3, 0.4) is 0 Å². The summed E-state index contributed by atoms with van der Waals surface area (Å²) in [6, 6.07) is 5.91. The van der Waals surface area contributed by atoms with Gasteiger partial charge in [-0.15, -0.1) is 0 Å². The van der Waals surface area contributed by atoms with Crippen molar-refractivity contribution in [1.82, 2.24) is 9.55 Å². The van der Waals surface area contributed by atoms with E-state index in [0.29, 0.717) is 17.9 Å². The molecule has 0 aliphatic heterocycles. The Bertz CT molecular complexity index is 544. The van der Waals surface area contributed by atoms with Crippen LogP contribution in [0.1, 0.15) is 6.42 Å². The van der Waals surface area contributed by atoms with Gasteiger partial charge in [-0.05, 0) is 37.3 Å². The molecule has 5 heteroatoms. The first kappa shape index (κ1) is 11.2. The van der Waals surface area contributed by atoms with Crippen molar-refractivity contribution >= 4 is 23.3 Å². The van der Waals surface area contributed by atoms with Gasteiger partial charge in [0.05, 0.1) is 12.1 Å². The van der Waals surface area contributed by atoms with Gasteiger partial charge in [0.15, 0.2) is 4.77 Å². The number of benzene rings is 1. The van der Waals surface area contributed by atoms with Crippen molar-refractivity contribution in [2.45, 2.75) is 6.42 Å². The highest BCUT2D eigenvalue weighted by Crippen LogP contribution is 2.24. The highest BCUT2D eigenvalue weighted by atomic mass is 32.1. The van der Waals surface area contributed by atoms with Crippen molar-refractivity contribution in [2.75, 3.05) is 13.2 Å². The number of nitrogens with one attached hydrogen (secondary N) is 1. The summed E-state index contributed by atoms with van der Waals surface area (Å²) in [5.41, 5.74) is 7.43. The Kier molecular flexibility index (Phi) is 3.26. The van der Waals surface area contributed by atoms with Gasteiger partial charge in [0.25, 0.3) is 0 Å². The fourth-order valence-corrected chi connectivity index (χ4v) is 1.81. The number of aromatic amines is 1. The molecule has 1 heterocycles. The molecular formula is C11H15N3OS. The van der Waals surface area contributed by atoms with Gasteiger partial charge >= 0.3 is 0 Å². The third-order valence-corrected chi connectivity index (χ3v) is 2.88. The van der Waals surface area contributed by atoms with E-state index in [1.165, 1.54) is 0 Å². The number of nitrogens with two attached hydrogens (primary N) is 1. The van der Waals surface area contributed by atoms with Gasteiger partial charge in [-0.1, -0.05) is 6.07 Å². The molecule has 16 heavy (non-hydrogen) atoms. The maximum absolute atomic E-state index is 5.66. The molecule has 0 spiro atoms. The third kappa shape index (κ3) is 1.96. The van der Waals surface area contributed by atoms with Gasteiger partial charge in [-0.2, -0.15) is 0 Å². The zero-order valence-corrected chi connectivity index (χ0v) is 10.0. The summed E-state index contributed by atoms with van der Waals surface area (Å²) >= 11 is 5.18. The lowest BCUT2D eigenvalue weighted by atomic mass is 10.3. The number of aryl methyl sites for hydroxylation is 1. The van der Waals surface area contributed by atoms with Gasteiger partial charge in [-0.3, -0.25) is 0 Å². The van der Waals surface area contributed by atoms with Gasteiger partial charge in [0.2, 0.25) is 0 Å². The minimum absolute atomic E-state index is 0.630. The fraction of sp³-hybridized carbons (Fsp3) is 0.364. The largest absolute Gasteiger partial charge is 0.491 e. The van der Waals surface area contributed by atoms with Crippen LogP contribution < -0.4 is 10.5 Å². The molecule has 0 unspecified atom stereocenters. The van der Waals surface area contributed by atoms with E-state index in [-0.39, 0.29) is 0 Å². The second-order valence-corrected chi connectivity index (χ2v) is 4.02. The van der Waals surface area contributed by atoms with Crippen LogP contribution >= 0.6 is 12.2 Å². The van der Waals surface area contributed by atoms with E-state index in [0.717, 1.165) is 23.2 Å². The number of H-pyrrole nitrogens is 1. The fourth-order valence-electron chi connectivity index (χ4n) is 1.61. The van der Waals surface area contributed by atoms with E-state index in [4.69, 9.17) is 22.7 Å². The molecule has 0 saturated carbocycles. The third-order valence-electron chi connectivity index (χ3n) is 2.51. The summed E-state index contributed by atoms with van der Waals surface area (Å²) in [6.45, 7) is 1.27. The number of hydrogen-bond acceptors (Lipinski definition) is 3. The standard InChI is InChI=1S/C11H15N3OS/c1-14-8-4-2-5-9(15-7-3-6-12)10(8)13-11(14)16/h2,4-5H,3,6-7,12H2,1H3,(H,13,16). The predicted octanol–water partition coefficient (Wildman–Crippen LogP) is 1.96. The Morgan fingerprint density at radius 2 is 2.31 bits per heavy atom. The van der Waals surface area contributed by atoms with Crippen molar-refractivity contribution in [1.29, 1.82) is 0 Å². The number of rotatable bonds is 4. The van der Waals surface area contributed by atoms with Crippen LogP contribution in [0.4, 0.5) is 0 Å². The van der Waals surface area contributed by atoms with E-state index in [2.05, 4.69) is 4.98 Å². The molecule has 0 bridgehead atoms. The molecular weight excluding hydrogens is 222 g/mol. The van der Waals surface area contributed by atoms with Crippen molar-refractivity contribution in [3.63, 3.8) is 0 Å². The van der Waals surface area contributed by atoms with E-state index >= 15 is 0 Å². The monoisotopic (exact) mass is 237 g/mol. The summed E-state index contributed by atoms with van der Waals surface area (Å²) in [5, 5.41) is 0. The highest BCUT2D eigenvalue weighted by molar-refractivity contribution is 7.71. The molecule has 0 fully saturated rings. The molecule has 1 aromatic carbocycles. The summed E-state index contributed by atoms with van der Waals surface area (Å²) in [6.07, 6.45) is 0.851. The topological polar surface area (TPSA) is 56.0 Å². The predicted molar refractivity (Wildman–Crippen MR) is 67.3 cm³/mol. The number of nitrogens with zero attached hydrogens (tertiary/aromatic N) is 1. The average Bonchev–Trinajstić information content (AvgIpc) is 2.57. The lowest BCUT2D eigenvalue weighted by Crippen LogP contribution is -2.06. The van der Waals surface area contributed by atoms with Crippen LogP contribution in [-0.4, -0.2) is 22.7 Å². The van der Waals surface area contributed by atoms with Crippen molar-refractivity contribution in [3.8, 4) is 5.75 Å². The molecule has 2 rings (SSSR count). The van der Waals surface area contributed by atoms with E-state index < -0.39 is 0 Å². The Labute approximate surface area is 99.0 Å². The smallest absolute Gasteiger partial charge is 0.177 e. The molecule has 86 valence electrons. The lowest BCUT2D eigenvalue weighted by Gasteiger charge is -2.06. The van der Waals surface area contributed by atoms with Crippen LogP contribution in [0.5, 0.6) is 5.75 Å². The summed E-state index contributed by atoms with van der Waals surface area (Å²) in [4.78, 5) is 3.14. The molecule has 0 aliphatic carbocycles. The molecule has 1 aromatic heterocycles. The first-order valence-corrected chi connectivity index (χ1v) is 5.65. The zero-order chi connectivity index (χ0) is 11.5. The average molecular weight is 237 g/mol. The Morgan fingerprint density at radius 1 is 1.50 bits per heavy atom. The number of imidazole rings is 1. The van der Waals surface area contributed by atoms with Gasteiger partial charge in [-0.25, -0.2) is 0 Å². The van der Waals surface area contributed by atoms with Gasteiger partial charge < -0.3 is 20.0 Å². The number of ether oxygens (including phenoxy) is 1. The Balaban J connectivity index is 2.38. The second-order valence-electron chi connectivity index (χ2n) is 3.63. The SMILES string of the molecule is Cn1c(=S)[nH]c2c(OCCCN)cccc21. The van der Waals surface area contributed by atoms with Crippen LogP contribution in [0, 0.1) is 4.77 Å². The molecule has 0 atom stereocenters.